The smallest absolute Gasteiger partial charge is 0.407 e. The van der Waals surface area contributed by atoms with Crippen LogP contribution in [0.3, 0.4) is 0 Å². The maximum atomic E-state index is 12.0. The van der Waals surface area contributed by atoms with Crippen molar-refractivity contribution in [1.82, 2.24) is 10.6 Å². The van der Waals surface area contributed by atoms with Crippen LogP contribution in [0.25, 0.3) is 0 Å². The highest BCUT2D eigenvalue weighted by atomic mass is 32.2. The van der Waals surface area contributed by atoms with E-state index in [1.807, 2.05) is 0 Å². The Balaban J connectivity index is 2.83. The Bertz CT molecular complexity index is 801. The summed E-state index contributed by atoms with van der Waals surface area (Å²) in [5.74, 6) is -1.59. The van der Waals surface area contributed by atoms with Crippen LogP contribution in [-0.2, 0) is 42.9 Å². The fraction of sp³-hybridized carbons (Fsp3) is 0.792. The molecule has 12 nitrogen and oxygen atoms in total. The average molecular weight is 549 g/mol. The van der Waals surface area contributed by atoms with Crippen LogP contribution < -0.4 is 10.6 Å². The number of unbranched alkanes of at least 4 members (excludes halogenated alkanes) is 2. The number of esters is 3. The summed E-state index contributed by atoms with van der Waals surface area (Å²) in [6.45, 7) is 10.6. The van der Waals surface area contributed by atoms with Crippen molar-refractivity contribution >= 4 is 41.7 Å². The van der Waals surface area contributed by atoms with Gasteiger partial charge in [-0.15, -0.1) is 11.8 Å². The molecule has 212 valence electrons. The van der Waals surface area contributed by atoms with E-state index in [2.05, 4.69) is 10.6 Å². The number of carbonyl (C=O) groups is 5. The van der Waals surface area contributed by atoms with Crippen molar-refractivity contribution in [2.24, 2.45) is 0 Å². The third-order valence-electron chi connectivity index (χ3n) is 4.84. The number of hydrogen-bond donors (Lipinski definition) is 2. The van der Waals surface area contributed by atoms with Gasteiger partial charge < -0.3 is 34.3 Å². The van der Waals surface area contributed by atoms with Gasteiger partial charge in [-0.05, 0) is 39.4 Å². The molecule has 1 aliphatic rings. The number of rotatable bonds is 12. The molecule has 2 amide bonds. The normalized spacial score (nSPS) is 23.4. The molecule has 2 unspecified atom stereocenters. The van der Waals surface area contributed by atoms with Gasteiger partial charge in [-0.2, -0.15) is 0 Å². The van der Waals surface area contributed by atoms with E-state index in [1.165, 1.54) is 39.5 Å². The zero-order valence-electron chi connectivity index (χ0n) is 22.6. The van der Waals surface area contributed by atoms with Crippen molar-refractivity contribution in [2.45, 2.75) is 103 Å². The molecule has 1 fully saturated rings. The minimum Gasteiger partial charge on any atom is -0.463 e. The van der Waals surface area contributed by atoms with Gasteiger partial charge in [0.2, 0.25) is 5.91 Å². The Hall–Kier alpha value is -2.54. The lowest BCUT2D eigenvalue weighted by molar-refractivity contribution is -0.211. The molecule has 0 bridgehead atoms. The second kappa shape index (κ2) is 15.7. The van der Waals surface area contributed by atoms with E-state index >= 15 is 0 Å². The first-order valence-corrected chi connectivity index (χ1v) is 13.2. The lowest BCUT2D eigenvalue weighted by Gasteiger charge is -2.45. The van der Waals surface area contributed by atoms with Gasteiger partial charge in [0.1, 0.15) is 29.8 Å². The Morgan fingerprint density at radius 3 is 2.03 bits per heavy atom. The number of carbonyl (C=O) groups excluding carboxylic acids is 5. The fourth-order valence-corrected chi connectivity index (χ4v) is 4.80. The highest BCUT2D eigenvalue weighted by Gasteiger charge is 2.50. The van der Waals surface area contributed by atoms with E-state index < -0.39 is 59.4 Å². The molecule has 0 aromatic rings. The molecule has 0 radical (unpaired) electrons. The molecular weight excluding hydrogens is 508 g/mol. The van der Waals surface area contributed by atoms with Gasteiger partial charge in [0.15, 0.2) is 12.2 Å². The largest absolute Gasteiger partial charge is 0.463 e. The highest BCUT2D eigenvalue weighted by Crippen LogP contribution is 2.33. The summed E-state index contributed by atoms with van der Waals surface area (Å²) in [6.07, 6.45) is -1.23. The van der Waals surface area contributed by atoms with Crippen LogP contribution in [0.1, 0.15) is 67.7 Å². The summed E-state index contributed by atoms with van der Waals surface area (Å²) < 4.78 is 27.3. The molecular formula is C24H40N2O10S. The van der Waals surface area contributed by atoms with E-state index in [0.717, 1.165) is 19.3 Å². The molecule has 1 rings (SSSR count). The maximum absolute atomic E-state index is 12.0. The third kappa shape index (κ3) is 13.5. The van der Waals surface area contributed by atoms with E-state index in [0.29, 0.717) is 12.3 Å². The van der Waals surface area contributed by atoms with Crippen molar-refractivity contribution in [2.75, 3.05) is 18.9 Å². The summed E-state index contributed by atoms with van der Waals surface area (Å²) in [5, 5.41) is 5.46. The minimum absolute atomic E-state index is 0.231. The number of alkyl carbamates (subject to hydrolysis) is 1. The van der Waals surface area contributed by atoms with Gasteiger partial charge in [0, 0.05) is 34.2 Å². The lowest BCUT2D eigenvalue weighted by atomic mass is 9.97. The van der Waals surface area contributed by atoms with Crippen LogP contribution >= 0.6 is 11.8 Å². The average Bonchev–Trinajstić information content (AvgIpc) is 2.73. The first-order chi connectivity index (χ1) is 17.2. The van der Waals surface area contributed by atoms with Gasteiger partial charge in [0.25, 0.3) is 0 Å². The standard InChI is InChI=1S/C24H40N2O10S/c1-14(27)26-19-21(34-17(4)30)20(33-16(3)29)18(13-32-15(2)28)35-22(19)37-12-10-8-9-11-25-23(31)36-24(5,6)7/h18-22H,8-13H2,1-7H3,(H,25,31)(H,26,27)/t18?,19?,20-,21+,22-/m0/s1. The van der Waals surface area contributed by atoms with E-state index in [1.54, 1.807) is 20.8 Å². The Labute approximate surface area is 222 Å². The number of nitrogens with one attached hydrogen (secondary N) is 2. The maximum Gasteiger partial charge on any atom is 0.407 e. The molecule has 1 saturated heterocycles. The van der Waals surface area contributed by atoms with Crippen LogP contribution in [0.5, 0.6) is 0 Å². The summed E-state index contributed by atoms with van der Waals surface area (Å²) in [5.41, 5.74) is -1.24. The molecule has 1 heterocycles. The van der Waals surface area contributed by atoms with Gasteiger partial charge >= 0.3 is 24.0 Å². The SMILES string of the molecule is CC(=O)NC1[C@@H](OC(C)=O)[C@@H](OC(C)=O)C(COC(C)=O)O[C@H]1SCCCCCNC(=O)OC(C)(C)C. The van der Waals surface area contributed by atoms with Crippen LogP contribution in [0.4, 0.5) is 4.79 Å². The van der Waals surface area contributed by atoms with Gasteiger partial charge in [-0.3, -0.25) is 19.2 Å². The predicted octanol–water partition coefficient (Wildman–Crippen LogP) is 2.07. The Kier molecular flexibility index (Phi) is 13.7. The zero-order valence-corrected chi connectivity index (χ0v) is 23.4. The first kappa shape index (κ1) is 32.5. The third-order valence-corrected chi connectivity index (χ3v) is 6.10. The van der Waals surface area contributed by atoms with E-state index in [9.17, 15) is 24.0 Å². The van der Waals surface area contributed by atoms with Crippen molar-refractivity contribution in [3.05, 3.63) is 0 Å². The van der Waals surface area contributed by atoms with Crippen LogP contribution in [0.2, 0.25) is 0 Å². The number of amides is 2. The quantitative estimate of drug-likeness (QED) is 0.209. The molecule has 0 saturated carbocycles. The molecule has 37 heavy (non-hydrogen) atoms. The van der Waals surface area contributed by atoms with Crippen LogP contribution in [-0.4, -0.2) is 84.2 Å². The molecule has 0 aromatic heterocycles. The minimum atomic E-state index is -1.10. The second-order valence-corrected chi connectivity index (χ2v) is 10.8. The summed E-state index contributed by atoms with van der Waals surface area (Å²) >= 11 is 1.39. The monoisotopic (exact) mass is 548 g/mol. The lowest BCUT2D eigenvalue weighted by Crippen LogP contribution is -2.65. The first-order valence-electron chi connectivity index (χ1n) is 12.2. The summed E-state index contributed by atoms with van der Waals surface area (Å²) in [6, 6.07) is -0.821. The molecule has 0 aromatic carbocycles. The summed E-state index contributed by atoms with van der Waals surface area (Å²) in [4.78, 5) is 58.8. The van der Waals surface area contributed by atoms with Crippen molar-refractivity contribution in [3.63, 3.8) is 0 Å². The molecule has 1 aliphatic heterocycles. The molecule has 0 spiro atoms. The molecule has 13 heteroatoms. The van der Waals surface area contributed by atoms with Gasteiger partial charge in [-0.1, -0.05) is 6.42 Å². The molecule has 2 N–H and O–H groups in total. The number of ether oxygens (including phenoxy) is 5. The molecule has 5 atom stereocenters. The summed E-state index contributed by atoms with van der Waals surface area (Å²) in [7, 11) is 0. The second-order valence-electron chi connectivity index (χ2n) is 9.58. The Morgan fingerprint density at radius 1 is 0.865 bits per heavy atom. The number of hydrogen-bond acceptors (Lipinski definition) is 11. The van der Waals surface area contributed by atoms with Crippen LogP contribution in [0, 0.1) is 0 Å². The molecule has 0 aliphatic carbocycles. The van der Waals surface area contributed by atoms with Crippen LogP contribution in [0.15, 0.2) is 0 Å². The Morgan fingerprint density at radius 2 is 1.49 bits per heavy atom. The van der Waals surface area contributed by atoms with Crippen molar-refractivity contribution in [1.29, 1.82) is 0 Å². The van der Waals surface area contributed by atoms with Crippen molar-refractivity contribution < 1.29 is 47.7 Å². The zero-order chi connectivity index (χ0) is 28.2. The van der Waals surface area contributed by atoms with Gasteiger partial charge in [0.05, 0.1) is 0 Å². The fourth-order valence-electron chi connectivity index (χ4n) is 3.54. The van der Waals surface area contributed by atoms with Crippen molar-refractivity contribution in [3.8, 4) is 0 Å². The van der Waals surface area contributed by atoms with Gasteiger partial charge in [-0.25, -0.2) is 4.79 Å². The predicted molar refractivity (Wildman–Crippen MR) is 135 cm³/mol. The highest BCUT2D eigenvalue weighted by molar-refractivity contribution is 7.99. The van der Waals surface area contributed by atoms with E-state index in [4.69, 9.17) is 23.7 Å². The van der Waals surface area contributed by atoms with E-state index in [-0.39, 0.29) is 12.5 Å². The topological polar surface area (TPSA) is 156 Å². The number of thioether (sulfide) groups is 1.